The van der Waals surface area contributed by atoms with Gasteiger partial charge < -0.3 is 9.80 Å². The van der Waals surface area contributed by atoms with Gasteiger partial charge in [-0.05, 0) is 43.2 Å². The number of aryl methyl sites for hydroxylation is 2. The molecule has 2 heterocycles. The number of rotatable bonds is 4. The van der Waals surface area contributed by atoms with E-state index in [9.17, 15) is 4.79 Å². The summed E-state index contributed by atoms with van der Waals surface area (Å²) in [5, 5.41) is 8.79. The molecule has 130 valence electrons. The molecule has 0 aromatic carbocycles. The molecule has 5 heteroatoms. The normalized spacial score (nSPS) is 21.3. The fraction of sp³-hybridized carbons (Fsp3) is 0.737. The van der Waals surface area contributed by atoms with E-state index in [4.69, 9.17) is 0 Å². The summed E-state index contributed by atoms with van der Waals surface area (Å²) in [6.07, 6.45) is 10.6. The van der Waals surface area contributed by atoms with E-state index in [1.54, 1.807) is 0 Å². The molecule has 0 N–H and O–H groups in total. The van der Waals surface area contributed by atoms with Gasteiger partial charge in [0.1, 0.15) is 0 Å². The van der Waals surface area contributed by atoms with Gasteiger partial charge in [-0.15, -0.1) is 5.10 Å². The molecule has 2 fully saturated rings. The van der Waals surface area contributed by atoms with Crippen LogP contribution in [0.25, 0.3) is 0 Å². The van der Waals surface area contributed by atoms with Crippen LogP contribution < -0.4 is 4.90 Å². The number of piperazine rings is 1. The second kappa shape index (κ2) is 7.08. The molecule has 2 aliphatic carbocycles. The number of anilines is 1. The zero-order chi connectivity index (χ0) is 16.4. The monoisotopic (exact) mass is 328 g/mol. The summed E-state index contributed by atoms with van der Waals surface area (Å²) in [4.78, 5) is 16.8. The molecular formula is C19H28N4O. The number of hydrogen-bond donors (Lipinski definition) is 0. The van der Waals surface area contributed by atoms with Crippen LogP contribution in [-0.2, 0) is 17.6 Å². The predicted molar refractivity (Wildman–Crippen MR) is 94.0 cm³/mol. The highest BCUT2D eigenvalue weighted by atomic mass is 16.2. The zero-order valence-electron chi connectivity index (χ0n) is 14.5. The van der Waals surface area contributed by atoms with E-state index in [0.717, 1.165) is 63.6 Å². The quantitative estimate of drug-likeness (QED) is 0.852. The Labute approximate surface area is 144 Å². The van der Waals surface area contributed by atoms with Crippen LogP contribution in [0.4, 0.5) is 5.82 Å². The van der Waals surface area contributed by atoms with Gasteiger partial charge in [-0.2, -0.15) is 5.10 Å². The fourth-order valence-corrected chi connectivity index (χ4v) is 4.44. The van der Waals surface area contributed by atoms with Crippen molar-refractivity contribution in [3.63, 3.8) is 0 Å². The minimum Gasteiger partial charge on any atom is -0.352 e. The molecule has 0 unspecified atom stereocenters. The van der Waals surface area contributed by atoms with E-state index in [0.29, 0.717) is 5.91 Å². The molecule has 1 saturated carbocycles. The fourth-order valence-electron chi connectivity index (χ4n) is 4.44. The molecular weight excluding hydrogens is 300 g/mol. The minimum absolute atomic E-state index is 0.349. The first-order valence-electron chi connectivity index (χ1n) is 9.68. The van der Waals surface area contributed by atoms with Gasteiger partial charge in [-0.1, -0.05) is 25.7 Å². The number of nitrogens with zero attached hydrogens (tertiary/aromatic N) is 4. The molecule has 0 bridgehead atoms. The topological polar surface area (TPSA) is 49.3 Å². The lowest BCUT2D eigenvalue weighted by molar-refractivity contribution is -0.131. The maximum absolute atomic E-state index is 12.4. The smallest absolute Gasteiger partial charge is 0.222 e. The zero-order valence-corrected chi connectivity index (χ0v) is 14.5. The lowest BCUT2D eigenvalue weighted by atomic mass is 10.0. The highest BCUT2D eigenvalue weighted by Crippen LogP contribution is 2.29. The maximum atomic E-state index is 12.4. The van der Waals surface area contributed by atoms with Gasteiger partial charge in [-0.3, -0.25) is 4.79 Å². The van der Waals surface area contributed by atoms with E-state index in [1.165, 1.54) is 43.4 Å². The van der Waals surface area contributed by atoms with Crippen LogP contribution in [0.15, 0.2) is 6.07 Å². The van der Waals surface area contributed by atoms with Crippen molar-refractivity contribution in [2.24, 2.45) is 5.92 Å². The number of amides is 1. The Balaban J connectivity index is 1.27. The highest BCUT2D eigenvalue weighted by molar-refractivity contribution is 5.76. The van der Waals surface area contributed by atoms with E-state index < -0.39 is 0 Å². The summed E-state index contributed by atoms with van der Waals surface area (Å²) in [6.45, 7) is 3.40. The molecule has 4 rings (SSSR count). The Hall–Kier alpha value is -1.65. The Kier molecular flexibility index (Phi) is 4.67. The Morgan fingerprint density at radius 2 is 1.83 bits per heavy atom. The Bertz CT molecular complexity index is 589. The molecule has 24 heavy (non-hydrogen) atoms. The Morgan fingerprint density at radius 1 is 1.04 bits per heavy atom. The Morgan fingerprint density at radius 3 is 2.62 bits per heavy atom. The summed E-state index contributed by atoms with van der Waals surface area (Å²) in [7, 11) is 0. The van der Waals surface area contributed by atoms with Crippen molar-refractivity contribution in [1.29, 1.82) is 0 Å². The second-order valence-electron chi connectivity index (χ2n) is 7.59. The number of hydrogen-bond acceptors (Lipinski definition) is 4. The molecule has 0 atom stereocenters. The van der Waals surface area contributed by atoms with Crippen LogP contribution in [0, 0.1) is 5.92 Å². The molecule has 5 nitrogen and oxygen atoms in total. The van der Waals surface area contributed by atoms with Gasteiger partial charge in [0.15, 0.2) is 5.82 Å². The first kappa shape index (κ1) is 15.9. The van der Waals surface area contributed by atoms with Gasteiger partial charge in [0.25, 0.3) is 0 Å². The molecule has 1 saturated heterocycles. The average Bonchev–Trinajstić information content (AvgIpc) is 3.30. The molecule has 1 aromatic heterocycles. The molecule has 1 amide bonds. The average molecular weight is 328 g/mol. The van der Waals surface area contributed by atoms with Crippen LogP contribution in [0.3, 0.4) is 0 Å². The van der Waals surface area contributed by atoms with Crippen molar-refractivity contribution in [3.8, 4) is 0 Å². The van der Waals surface area contributed by atoms with Crippen LogP contribution in [0.2, 0.25) is 0 Å². The predicted octanol–water partition coefficient (Wildman–Crippen LogP) is 2.58. The van der Waals surface area contributed by atoms with E-state index in [1.807, 2.05) is 4.90 Å². The third-order valence-corrected chi connectivity index (χ3v) is 6.00. The minimum atomic E-state index is 0.349. The third-order valence-electron chi connectivity index (χ3n) is 6.00. The van der Waals surface area contributed by atoms with Crippen molar-refractivity contribution >= 4 is 11.7 Å². The molecule has 0 spiro atoms. The van der Waals surface area contributed by atoms with Crippen molar-refractivity contribution in [2.75, 3.05) is 31.1 Å². The summed E-state index contributed by atoms with van der Waals surface area (Å²) >= 11 is 0. The molecule has 1 aliphatic heterocycles. The molecule has 1 aromatic rings. The van der Waals surface area contributed by atoms with E-state index >= 15 is 0 Å². The van der Waals surface area contributed by atoms with Gasteiger partial charge in [-0.25, -0.2) is 0 Å². The van der Waals surface area contributed by atoms with Crippen molar-refractivity contribution < 1.29 is 4.79 Å². The van der Waals surface area contributed by atoms with Crippen molar-refractivity contribution in [2.45, 2.75) is 57.8 Å². The van der Waals surface area contributed by atoms with Gasteiger partial charge in [0.2, 0.25) is 5.91 Å². The summed E-state index contributed by atoms with van der Waals surface area (Å²) in [5.74, 6) is 2.15. The van der Waals surface area contributed by atoms with Crippen LogP contribution in [0.1, 0.15) is 56.2 Å². The first-order chi connectivity index (χ1) is 11.8. The van der Waals surface area contributed by atoms with Crippen molar-refractivity contribution in [1.82, 2.24) is 15.1 Å². The summed E-state index contributed by atoms with van der Waals surface area (Å²) in [6, 6.07) is 2.22. The third kappa shape index (κ3) is 3.40. The number of fused-ring (bicyclic) bond motifs is 1. The highest BCUT2D eigenvalue weighted by Gasteiger charge is 2.24. The molecule has 0 radical (unpaired) electrons. The van der Waals surface area contributed by atoms with Gasteiger partial charge >= 0.3 is 0 Å². The van der Waals surface area contributed by atoms with Crippen LogP contribution in [-0.4, -0.2) is 47.2 Å². The van der Waals surface area contributed by atoms with Crippen LogP contribution >= 0.6 is 0 Å². The standard InChI is InChI=1S/C19H28N4O/c24-19(9-8-15-4-1-2-5-15)23-12-10-22(11-13-23)18-14-16-6-3-7-17(16)20-21-18/h14-15H,1-13H2. The second-order valence-corrected chi connectivity index (χ2v) is 7.59. The van der Waals surface area contributed by atoms with Gasteiger partial charge in [0.05, 0.1) is 5.69 Å². The summed E-state index contributed by atoms with van der Waals surface area (Å²) < 4.78 is 0. The van der Waals surface area contributed by atoms with Crippen LogP contribution in [0.5, 0.6) is 0 Å². The lowest BCUT2D eigenvalue weighted by Gasteiger charge is -2.35. The SMILES string of the molecule is O=C(CCC1CCCC1)N1CCN(c2cc3c(nn2)CCC3)CC1. The number of carbonyl (C=O) groups is 1. The van der Waals surface area contributed by atoms with Gasteiger partial charge in [0, 0.05) is 32.6 Å². The maximum Gasteiger partial charge on any atom is 0.222 e. The summed E-state index contributed by atoms with van der Waals surface area (Å²) in [5.41, 5.74) is 2.55. The van der Waals surface area contributed by atoms with E-state index in [2.05, 4.69) is 21.2 Å². The first-order valence-corrected chi connectivity index (χ1v) is 9.68. The lowest BCUT2D eigenvalue weighted by Crippen LogP contribution is -2.49. The van der Waals surface area contributed by atoms with E-state index in [-0.39, 0.29) is 0 Å². The van der Waals surface area contributed by atoms with Crippen molar-refractivity contribution in [3.05, 3.63) is 17.3 Å². The number of aromatic nitrogens is 2. The number of carbonyl (C=O) groups excluding carboxylic acids is 1. The largest absolute Gasteiger partial charge is 0.352 e. The molecule has 3 aliphatic rings.